The van der Waals surface area contributed by atoms with Crippen molar-refractivity contribution < 1.29 is 13.9 Å². The van der Waals surface area contributed by atoms with Gasteiger partial charge < -0.3 is 19.0 Å². The van der Waals surface area contributed by atoms with Crippen LogP contribution in [0.4, 0.5) is 0 Å². The molecular weight excluding hydrogens is 298 g/mol. The Morgan fingerprint density at radius 1 is 1.39 bits per heavy atom. The van der Waals surface area contributed by atoms with E-state index < -0.39 is 0 Å². The van der Waals surface area contributed by atoms with Crippen LogP contribution in [0.3, 0.4) is 0 Å². The highest BCUT2D eigenvalue weighted by molar-refractivity contribution is 5.91. The molecule has 0 saturated carbocycles. The molecule has 0 aliphatic carbocycles. The minimum atomic E-state index is -0.137. The smallest absolute Gasteiger partial charge is 0.289 e. The lowest BCUT2D eigenvalue weighted by molar-refractivity contribution is 0.0673. The molecule has 122 valence electrons. The van der Waals surface area contributed by atoms with Gasteiger partial charge in [0.1, 0.15) is 5.82 Å². The molecule has 1 fully saturated rings. The summed E-state index contributed by atoms with van der Waals surface area (Å²) in [5.74, 6) is 1.29. The summed E-state index contributed by atoms with van der Waals surface area (Å²) in [4.78, 5) is 32.8. The number of hydrogen-bond acceptors (Lipinski definition) is 5. The van der Waals surface area contributed by atoms with E-state index in [0.29, 0.717) is 24.9 Å². The molecule has 0 spiro atoms. The molecule has 7 nitrogen and oxygen atoms in total. The molecule has 23 heavy (non-hydrogen) atoms. The second kappa shape index (κ2) is 6.28. The van der Waals surface area contributed by atoms with E-state index in [0.717, 1.165) is 18.5 Å². The summed E-state index contributed by atoms with van der Waals surface area (Å²) in [5, 5.41) is 0. The molecule has 1 aliphatic heterocycles. The minimum absolute atomic E-state index is 0.131. The van der Waals surface area contributed by atoms with Crippen LogP contribution in [0.2, 0.25) is 0 Å². The summed E-state index contributed by atoms with van der Waals surface area (Å²) >= 11 is 0. The van der Waals surface area contributed by atoms with Crippen LogP contribution in [0, 0.1) is 6.92 Å². The van der Waals surface area contributed by atoms with Crippen molar-refractivity contribution in [1.29, 1.82) is 0 Å². The lowest BCUT2D eigenvalue weighted by atomic mass is 9.93. The highest BCUT2D eigenvalue weighted by Gasteiger charge is 2.27. The number of nitrogens with one attached hydrogen (secondary N) is 1. The number of H-pyrrole nitrogens is 1. The highest BCUT2D eigenvalue weighted by Crippen LogP contribution is 2.27. The summed E-state index contributed by atoms with van der Waals surface area (Å²) < 4.78 is 10.3. The number of carbonyl (C=O) groups is 1. The second-order valence-electron chi connectivity index (χ2n) is 5.64. The van der Waals surface area contributed by atoms with Crippen LogP contribution in [-0.4, -0.2) is 41.0 Å². The summed E-state index contributed by atoms with van der Waals surface area (Å²) in [6.45, 7) is 2.99. The van der Waals surface area contributed by atoms with E-state index in [1.54, 1.807) is 30.0 Å². The first-order chi connectivity index (χ1) is 11.1. The van der Waals surface area contributed by atoms with Gasteiger partial charge in [-0.3, -0.25) is 9.59 Å². The van der Waals surface area contributed by atoms with E-state index in [2.05, 4.69) is 9.97 Å². The van der Waals surface area contributed by atoms with E-state index in [4.69, 9.17) is 9.15 Å². The van der Waals surface area contributed by atoms with E-state index in [-0.39, 0.29) is 23.1 Å². The van der Waals surface area contributed by atoms with E-state index >= 15 is 0 Å². The van der Waals surface area contributed by atoms with Gasteiger partial charge >= 0.3 is 0 Å². The number of amides is 1. The average Bonchev–Trinajstić information content (AvgIpc) is 3.02. The van der Waals surface area contributed by atoms with Crippen LogP contribution in [0.25, 0.3) is 0 Å². The fraction of sp³-hybridized carbons (Fsp3) is 0.438. The molecular formula is C16H19N3O4. The number of piperidine rings is 1. The lowest BCUT2D eigenvalue weighted by Gasteiger charge is -2.31. The molecule has 1 aliphatic rings. The fourth-order valence-electron chi connectivity index (χ4n) is 2.89. The van der Waals surface area contributed by atoms with Crippen molar-refractivity contribution in [2.24, 2.45) is 0 Å². The van der Waals surface area contributed by atoms with Crippen molar-refractivity contribution in [2.45, 2.75) is 25.7 Å². The molecule has 2 aromatic rings. The standard InChI is InChI=1S/C16H19N3O4/c1-10-17-12(9-14(20)18-10)11-5-7-19(8-6-11)16(21)13-3-4-15(22-2)23-13/h3-4,9,11H,5-8H2,1-2H3,(H,17,18,20). The van der Waals surface area contributed by atoms with Gasteiger partial charge in [0.05, 0.1) is 12.8 Å². The normalized spacial score (nSPS) is 15.7. The number of aromatic amines is 1. The van der Waals surface area contributed by atoms with E-state index in [9.17, 15) is 9.59 Å². The van der Waals surface area contributed by atoms with Gasteiger partial charge in [0.15, 0.2) is 5.76 Å². The number of methoxy groups -OCH3 is 1. The molecule has 3 heterocycles. The van der Waals surface area contributed by atoms with Gasteiger partial charge in [-0.25, -0.2) is 4.98 Å². The predicted octanol–water partition coefficient (Wildman–Crippen LogP) is 1.70. The minimum Gasteiger partial charge on any atom is -0.468 e. The third-order valence-electron chi connectivity index (χ3n) is 4.07. The number of aromatic nitrogens is 2. The lowest BCUT2D eigenvalue weighted by Crippen LogP contribution is -2.38. The first-order valence-electron chi connectivity index (χ1n) is 7.58. The van der Waals surface area contributed by atoms with Crippen molar-refractivity contribution in [3.63, 3.8) is 0 Å². The maximum absolute atomic E-state index is 12.4. The van der Waals surface area contributed by atoms with Crippen LogP contribution in [-0.2, 0) is 0 Å². The summed E-state index contributed by atoms with van der Waals surface area (Å²) in [6, 6.07) is 4.80. The van der Waals surface area contributed by atoms with Gasteiger partial charge in [0.25, 0.3) is 17.4 Å². The molecule has 3 rings (SSSR count). The Kier molecular flexibility index (Phi) is 4.18. The van der Waals surface area contributed by atoms with E-state index in [1.807, 2.05) is 0 Å². The largest absolute Gasteiger partial charge is 0.468 e. The number of hydrogen-bond donors (Lipinski definition) is 1. The SMILES string of the molecule is COc1ccc(C(=O)N2CCC(c3cc(=O)[nH]c(C)n3)CC2)o1. The van der Waals surface area contributed by atoms with Gasteiger partial charge in [-0.1, -0.05) is 0 Å². The van der Waals surface area contributed by atoms with Crippen LogP contribution in [0.1, 0.15) is 40.8 Å². The third kappa shape index (κ3) is 3.28. The van der Waals surface area contributed by atoms with Crippen molar-refractivity contribution >= 4 is 5.91 Å². The third-order valence-corrected chi connectivity index (χ3v) is 4.07. The monoisotopic (exact) mass is 317 g/mol. The number of likely N-dealkylation sites (tertiary alicyclic amines) is 1. The van der Waals surface area contributed by atoms with Gasteiger partial charge in [-0.05, 0) is 25.8 Å². The number of ether oxygens (including phenoxy) is 1. The summed E-state index contributed by atoms with van der Waals surface area (Å²) in [7, 11) is 1.50. The molecule has 0 atom stereocenters. The van der Waals surface area contributed by atoms with Gasteiger partial charge in [-0.2, -0.15) is 0 Å². The second-order valence-corrected chi connectivity index (χ2v) is 5.64. The predicted molar refractivity (Wildman–Crippen MR) is 82.7 cm³/mol. The van der Waals surface area contributed by atoms with Crippen LogP contribution < -0.4 is 10.3 Å². The molecule has 0 radical (unpaired) electrons. The number of aryl methyl sites for hydroxylation is 1. The number of rotatable bonds is 3. The quantitative estimate of drug-likeness (QED) is 0.931. The zero-order valence-corrected chi connectivity index (χ0v) is 13.2. The van der Waals surface area contributed by atoms with Crippen LogP contribution >= 0.6 is 0 Å². The maximum atomic E-state index is 12.4. The first kappa shape index (κ1) is 15.3. The number of carbonyl (C=O) groups excluding carboxylic acids is 1. The Bertz CT molecular complexity index is 757. The van der Waals surface area contributed by atoms with Crippen molar-refractivity contribution in [3.05, 3.63) is 45.8 Å². The molecule has 2 aromatic heterocycles. The van der Waals surface area contributed by atoms with Crippen molar-refractivity contribution in [3.8, 4) is 5.95 Å². The zero-order chi connectivity index (χ0) is 16.4. The maximum Gasteiger partial charge on any atom is 0.289 e. The number of furan rings is 1. The molecule has 7 heteroatoms. The topological polar surface area (TPSA) is 88.4 Å². The van der Waals surface area contributed by atoms with Gasteiger partial charge in [-0.15, -0.1) is 0 Å². The van der Waals surface area contributed by atoms with Gasteiger partial charge in [0, 0.05) is 31.1 Å². The van der Waals surface area contributed by atoms with Crippen molar-refractivity contribution in [2.75, 3.05) is 20.2 Å². The Morgan fingerprint density at radius 2 is 2.13 bits per heavy atom. The summed E-state index contributed by atoms with van der Waals surface area (Å²) in [6.07, 6.45) is 1.55. The Hall–Kier alpha value is -2.57. The van der Waals surface area contributed by atoms with Crippen molar-refractivity contribution in [1.82, 2.24) is 14.9 Å². The van der Waals surface area contributed by atoms with Crippen LogP contribution in [0.15, 0.2) is 27.4 Å². The Morgan fingerprint density at radius 3 is 2.74 bits per heavy atom. The molecule has 1 N–H and O–H groups in total. The fourth-order valence-corrected chi connectivity index (χ4v) is 2.89. The molecule has 0 aromatic carbocycles. The first-order valence-corrected chi connectivity index (χ1v) is 7.58. The molecule has 1 amide bonds. The highest BCUT2D eigenvalue weighted by atomic mass is 16.6. The van der Waals surface area contributed by atoms with E-state index in [1.165, 1.54) is 7.11 Å². The molecule has 0 unspecified atom stereocenters. The number of nitrogens with zero attached hydrogens (tertiary/aromatic N) is 2. The zero-order valence-electron chi connectivity index (χ0n) is 13.2. The van der Waals surface area contributed by atoms with Gasteiger partial charge in [0.2, 0.25) is 0 Å². The van der Waals surface area contributed by atoms with Crippen LogP contribution in [0.5, 0.6) is 5.95 Å². The molecule has 0 bridgehead atoms. The average molecular weight is 317 g/mol. The summed E-state index contributed by atoms with van der Waals surface area (Å²) in [5.41, 5.74) is 0.673. The molecule has 1 saturated heterocycles. The Balaban J connectivity index is 1.66. The Labute approximate surface area is 133 Å².